The zero-order valence-electron chi connectivity index (χ0n) is 25.0. The molecule has 0 fully saturated rings. The number of methoxy groups -OCH3 is 2. The van der Waals surface area contributed by atoms with Crippen LogP contribution in [-0.4, -0.2) is 24.2 Å². The molecular weight excluding hydrogens is 786 g/mol. The lowest BCUT2D eigenvalue weighted by Gasteiger charge is -2.13. The van der Waals surface area contributed by atoms with Gasteiger partial charge < -0.3 is 18.9 Å². The molecule has 0 radical (unpaired) electrons. The van der Waals surface area contributed by atoms with E-state index in [1.807, 2.05) is 36.4 Å². The van der Waals surface area contributed by atoms with Crippen molar-refractivity contribution in [3.63, 3.8) is 0 Å². The summed E-state index contributed by atoms with van der Waals surface area (Å²) in [5.41, 5.74) is 2.63. The van der Waals surface area contributed by atoms with E-state index >= 15 is 0 Å². The van der Waals surface area contributed by atoms with Gasteiger partial charge in [-0.25, -0.2) is 9.97 Å². The summed E-state index contributed by atoms with van der Waals surface area (Å²) in [6, 6.07) is 24.5. The van der Waals surface area contributed by atoms with Gasteiger partial charge in [0.25, 0.3) is 0 Å². The molecule has 0 atom stereocenters. The fourth-order valence-corrected chi connectivity index (χ4v) is 5.58. The monoisotopic (exact) mass is 804 g/mol. The molecule has 0 N–H and O–H groups in total. The molecule has 2 aromatic heterocycles. The fourth-order valence-electron chi connectivity index (χ4n) is 4.13. The van der Waals surface area contributed by atoms with Gasteiger partial charge in [0.15, 0.2) is 11.5 Å². The van der Waals surface area contributed by atoms with Crippen LogP contribution in [0.25, 0.3) is 0 Å². The van der Waals surface area contributed by atoms with Crippen LogP contribution in [-0.2, 0) is 12.8 Å². The van der Waals surface area contributed by atoms with Crippen LogP contribution >= 0.6 is 73.9 Å². The summed E-state index contributed by atoms with van der Waals surface area (Å²) < 4.78 is 22.3. The molecule has 2 heterocycles. The van der Waals surface area contributed by atoms with Gasteiger partial charge in [-0.15, -0.1) is 0 Å². The van der Waals surface area contributed by atoms with Gasteiger partial charge >= 0.3 is 0 Å². The highest BCUT2D eigenvalue weighted by Gasteiger charge is 2.16. The maximum Gasteiger partial charge on any atom is 0.237 e. The van der Waals surface area contributed by atoms with E-state index in [1.54, 1.807) is 48.5 Å². The van der Waals surface area contributed by atoms with E-state index in [9.17, 15) is 0 Å². The number of halogens is 6. The molecule has 5 rings (SSSR count). The Bertz CT molecular complexity index is 2040. The molecule has 0 amide bonds. The molecule has 48 heavy (non-hydrogen) atoms. The minimum absolute atomic E-state index is 0.231. The number of benzene rings is 3. The summed E-state index contributed by atoms with van der Waals surface area (Å²) in [7, 11) is 2.95. The van der Waals surface area contributed by atoms with Crippen molar-refractivity contribution in [1.29, 1.82) is 10.5 Å². The van der Waals surface area contributed by atoms with E-state index in [4.69, 9.17) is 87.5 Å². The van der Waals surface area contributed by atoms with Crippen LogP contribution in [0.4, 0.5) is 0 Å². The number of rotatable bonds is 9. The highest BCUT2D eigenvalue weighted by atomic mass is 79.9. The third kappa shape index (κ3) is 10.3. The molecule has 14 heteroatoms. The predicted octanol–water partition coefficient (Wildman–Crippen LogP) is 11.3. The number of aromatic nitrogens is 2. The van der Waals surface area contributed by atoms with Crippen LogP contribution < -0.4 is 18.9 Å². The molecule has 0 aliphatic carbocycles. The number of pyridine rings is 2. The van der Waals surface area contributed by atoms with E-state index < -0.39 is 0 Å². The molecule has 8 nitrogen and oxygen atoms in total. The van der Waals surface area contributed by atoms with Crippen molar-refractivity contribution in [3.05, 3.63) is 125 Å². The van der Waals surface area contributed by atoms with Gasteiger partial charge in [-0.3, -0.25) is 0 Å². The van der Waals surface area contributed by atoms with Gasteiger partial charge in [-0.1, -0.05) is 70.1 Å². The third-order valence-corrected chi connectivity index (χ3v) is 7.99. The molecule has 0 aliphatic heterocycles. The van der Waals surface area contributed by atoms with E-state index in [1.165, 1.54) is 14.2 Å². The van der Waals surface area contributed by atoms with Gasteiger partial charge in [0.05, 0.1) is 37.5 Å². The van der Waals surface area contributed by atoms with Crippen LogP contribution in [0.3, 0.4) is 0 Å². The average molecular weight is 808 g/mol. The number of nitriles is 2. The molecule has 5 aromatic rings. The third-order valence-electron chi connectivity index (χ3n) is 6.21. The molecule has 0 spiro atoms. The fraction of sp³-hybridized carbons (Fsp3) is 0.118. The number of aryl methyl sites for hydroxylation is 2. The summed E-state index contributed by atoms with van der Waals surface area (Å²) >= 11 is 33.7. The predicted molar refractivity (Wildman–Crippen MR) is 191 cm³/mol. The first-order chi connectivity index (χ1) is 23.0. The van der Waals surface area contributed by atoms with E-state index in [0.717, 1.165) is 17.7 Å². The van der Waals surface area contributed by atoms with Crippen molar-refractivity contribution in [2.75, 3.05) is 14.2 Å². The highest BCUT2D eigenvalue weighted by molar-refractivity contribution is 9.10. The van der Waals surface area contributed by atoms with Crippen LogP contribution in [0.5, 0.6) is 34.8 Å². The first-order valence-electron chi connectivity index (χ1n) is 13.7. The average Bonchev–Trinajstić information content (AvgIpc) is 3.06. The van der Waals surface area contributed by atoms with Crippen LogP contribution in [0.1, 0.15) is 22.4 Å². The van der Waals surface area contributed by atoms with Crippen molar-refractivity contribution in [2.24, 2.45) is 0 Å². The number of ether oxygens (including phenoxy) is 4. The number of hydrogen-bond acceptors (Lipinski definition) is 8. The Labute approximate surface area is 310 Å². The molecule has 3 aromatic carbocycles. The Morgan fingerprint density at radius 2 is 1.19 bits per heavy atom. The van der Waals surface area contributed by atoms with Gasteiger partial charge in [0.2, 0.25) is 11.8 Å². The topological polar surface area (TPSA) is 110 Å². The van der Waals surface area contributed by atoms with Crippen LogP contribution in [0.15, 0.2) is 77.4 Å². The summed E-state index contributed by atoms with van der Waals surface area (Å²) in [6.45, 7) is 0. The Kier molecular flexibility index (Phi) is 13.4. The maximum atomic E-state index is 9.10. The standard InChI is InChI=1S/C21H15Cl3N2O2.C13H7BrCl2N2O2/c1-27-21-20(24)19(28-18-9-14(12-25)8-16(23)10-18)11-17(26-21)6-5-13-3-2-4-15(22)7-13;1-19-13-12(16)10(5-11(14)18-13)20-9-3-7(6-17)2-8(15)4-9/h2-4,7-11H,5-6H2,1H3;2-5H,1H3. The van der Waals surface area contributed by atoms with Crippen molar-refractivity contribution < 1.29 is 18.9 Å². The van der Waals surface area contributed by atoms with Crippen molar-refractivity contribution >= 4 is 73.9 Å². The summed E-state index contributed by atoms with van der Waals surface area (Å²) in [4.78, 5) is 8.49. The Hall–Kier alpha value is -3.93. The SMILES string of the molecule is COc1nc(Br)cc(Oc2cc(Cl)cc(C#N)c2)c1Cl.COc1nc(CCc2cccc(Cl)c2)cc(Oc2cc(Cl)cc(C#N)c2)c1Cl. The lowest BCUT2D eigenvalue weighted by molar-refractivity contribution is 0.390. The van der Waals surface area contributed by atoms with Crippen LogP contribution in [0.2, 0.25) is 25.1 Å². The minimum atomic E-state index is 0.231. The molecule has 244 valence electrons. The Balaban J connectivity index is 0.000000229. The zero-order chi connectivity index (χ0) is 34.8. The Morgan fingerprint density at radius 1 is 0.646 bits per heavy atom. The molecule has 0 bridgehead atoms. The zero-order valence-corrected chi connectivity index (χ0v) is 30.4. The van der Waals surface area contributed by atoms with Gasteiger partial charge in [-0.05, 0) is 82.9 Å². The molecule has 0 saturated heterocycles. The van der Waals surface area contributed by atoms with E-state index in [2.05, 4.69) is 25.9 Å². The van der Waals surface area contributed by atoms with Crippen molar-refractivity contribution in [2.45, 2.75) is 12.8 Å². The molecule has 0 saturated carbocycles. The number of nitrogens with zero attached hydrogens (tertiary/aromatic N) is 4. The van der Waals surface area contributed by atoms with Gasteiger partial charge in [0, 0.05) is 32.9 Å². The largest absolute Gasteiger partial charge is 0.480 e. The maximum absolute atomic E-state index is 9.10. The first-order valence-corrected chi connectivity index (χ1v) is 16.3. The van der Waals surface area contributed by atoms with Gasteiger partial charge in [-0.2, -0.15) is 10.5 Å². The van der Waals surface area contributed by atoms with E-state index in [0.29, 0.717) is 60.2 Å². The second-order valence-corrected chi connectivity index (χ2v) is 12.5. The summed E-state index contributed by atoms with van der Waals surface area (Å²) in [6.07, 6.45) is 1.39. The lowest BCUT2D eigenvalue weighted by atomic mass is 10.1. The second kappa shape index (κ2) is 17.5. The minimum Gasteiger partial charge on any atom is -0.480 e. The summed E-state index contributed by atoms with van der Waals surface area (Å²) in [5, 5.41) is 20.0. The number of hydrogen-bond donors (Lipinski definition) is 0. The molecular formula is C34H22BrCl5N4O4. The normalized spacial score (nSPS) is 10.2. The van der Waals surface area contributed by atoms with Crippen molar-refractivity contribution in [1.82, 2.24) is 9.97 Å². The quantitative estimate of drug-likeness (QED) is 0.135. The first kappa shape index (κ1) is 36.9. The summed E-state index contributed by atoms with van der Waals surface area (Å²) in [5.74, 6) is 2.02. The second-order valence-electron chi connectivity index (χ2n) is 9.61. The smallest absolute Gasteiger partial charge is 0.237 e. The van der Waals surface area contributed by atoms with E-state index in [-0.39, 0.29) is 21.8 Å². The molecule has 0 unspecified atom stereocenters. The molecule has 0 aliphatic rings. The lowest BCUT2D eigenvalue weighted by Crippen LogP contribution is -2.00. The van der Waals surface area contributed by atoms with Gasteiger partial charge in [0.1, 0.15) is 26.1 Å². The highest BCUT2D eigenvalue weighted by Crippen LogP contribution is 2.39. The van der Waals surface area contributed by atoms with Crippen LogP contribution in [0, 0.1) is 22.7 Å². The Morgan fingerprint density at radius 3 is 1.71 bits per heavy atom. The van der Waals surface area contributed by atoms with Crippen molar-refractivity contribution in [3.8, 4) is 46.9 Å².